The Bertz CT molecular complexity index is 1310. The molecule has 0 amide bonds. The van der Waals surface area contributed by atoms with Gasteiger partial charge >= 0.3 is 0 Å². The molecule has 40 heavy (non-hydrogen) atoms. The average molecular weight is 662 g/mol. The Labute approximate surface area is 252 Å². The molecule has 3 aliphatic heterocycles. The van der Waals surface area contributed by atoms with E-state index in [4.69, 9.17) is 15.9 Å². The van der Waals surface area contributed by atoms with Crippen molar-refractivity contribution in [1.29, 1.82) is 5.41 Å². The highest BCUT2D eigenvalue weighted by Gasteiger charge is 2.48. The number of nitrogens with one attached hydrogen (secondary N) is 3. The summed E-state index contributed by atoms with van der Waals surface area (Å²) >= 11 is 1.03. The number of fused-ring (bicyclic) bond motifs is 4. The van der Waals surface area contributed by atoms with E-state index in [-0.39, 0.29) is 35.0 Å². The molecule has 0 unspecified atom stereocenters. The summed E-state index contributed by atoms with van der Waals surface area (Å²) in [6.07, 6.45) is 0.792. The number of aryl methyl sites for hydroxylation is 1. The molecule has 1 aromatic heterocycles. The van der Waals surface area contributed by atoms with E-state index in [1.54, 1.807) is 13.0 Å². The van der Waals surface area contributed by atoms with Gasteiger partial charge in [0.25, 0.3) is 10.0 Å². The summed E-state index contributed by atoms with van der Waals surface area (Å²) in [7, 11) is -9.12. The van der Waals surface area contributed by atoms with Crippen molar-refractivity contribution in [3.63, 3.8) is 0 Å². The lowest BCUT2D eigenvalue weighted by Gasteiger charge is -2.55. The minimum absolute atomic E-state index is 0. The van der Waals surface area contributed by atoms with Crippen molar-refractivity contribution in [2.75, 3.05) is 71.8 Å². The molecule has 1 aromatic carbocycles. The number of guanidine groups is 1. The molecule has 5 rings (SSSR count). The molecule has 2 aromatic rings. The van der Waals surface area contributed by atoms with Crippen molar-refractivity contribution in [3.05, 3.63) is 23.8 Å². The van der Waals surface area contributed by atoms with Crippen molar-refractivity contribution < 1.29 is 36.5 Å². The van der Waals surface area contributed by atoms with E-state index in [1.165, 1.54) is 43.8 Å². The topological polar surface area (TPSA) is 180 Å². The molecule has 0 atom stereocenters. The third-order valence-electron chi connectivity index (χ3n) is 7.87. The first-order valence-corrected chi connectivity index (χ1v) is 16.8. The van der Waals surface area contributed by atoms with Crippen molar-refractivity contribution >= 4 is 69.8 Å². The van der Waals surface area contributed by atoms with Crippen LogP contribution < -0.4 is 30.3 Å². The van der Waals surface area contributed by atoms with E-state index in [1.807, 2.05) is 16.9 Å². The average Bonchev–Trinajstić information content (AvgIpc) is 3.21. The normalized spacial score (nSPS) is 22.4. The third kappa shape index (κ3) is 8.66. The van der Waals surface area contributed by atoms with Crippen molar-refractivity contribution in [1.82, 2.24) is 10.0 Å². The van der Waals surface area contributed by atoms with E-state index >= 15 is 0 Å². The van der Waals surface area contributed by atoms with Gasteiger partial charge in [0.05, 0.1) is 19.7 Å². The van der Waals surface area contributed by atoms with Crippen LogP contribution in [0.2, 0.25) is 0 Å². The molecule has 4 heterocycles. The molecule has 2 bridgehead atoms. The number of nitrogens with zero attached hydrogens (tertiary/aromatic N) is 2. The molecule has 3 saturated heterocycles. The highest BCUT2D eigenvalue weighted by Crippen LogP contribution is 2.36. The van der Waals surface area contributed by atoms with Crippen molar-refractivity contribution in [3.8, 4) is 5.75 Å². The fraction of sp³-hybridized carbons (Fsp3) is 0.609. The molecular weight excluding hydrogens is 622 g/mol. The molecule has 228 valence electrons. The Morgan fingerprint density at radius 1 is 1.10 bits per heavy atom. The van der Waals surface area contributed by atoms with E-state index in [0.29, 0.717) is 17.9 Å². The fourth-order valence-electron chi connectivity index (χ4n) is 5.60. The first-order chi connectivity index (χ1) is 17.8. The standard InChI is InChI=1S/C23H37N6O6PS2.2ClH/c1-18-20-16-19(4-5-21(20)37-22(18)38(33,34)27-17-36(30,31)32)35-15-3-8-29-12-9-28(10-13-29,11-14-29)7-2-6-26-23(24)25;;/h4-5,16,27H,2-3,6-15,17H2,1H3,(H4-2,24,25,26,30,31,32);2*1H. The number of thiophene rings is 1. The molecule has 17 heteroatoms. The van der Waals surface area contributed by atoms with Crippen LogP contribution in [0.5, 0.6) is 5.75 Å². The second kappa shape index (κ2) is 13.9. The van der Waals surface area contributed by atoms with Crippen molar-refractivity contribution in [2.45, 2.75) is 24.0 Å². The van der Waals surface area contributed by atoms with Gasteiger partial charge in [0.2, 0.25) is 0 Å². The molecule has 0 radical (unpaired) electrons. The molecule has 0 aliphatic carbocycles. The zero-order valence-corrected chi connectivity index (χ0v) is 26.6. The molecule has 0 spiro atoms. The Balaban J connectivity index is 0.00000280. The molecule has 12 nitrogen and oxygen atoms in total. The highest BCUT2D eigenvalue weighted by molar-refractivity contribution is 7.92. The van der Waals surface area contributed by atoms with Gasteiger partial charge in [-0.15, -0.1) is 36.2 Å². The Morgan fingerprint density at radius 3 is 2.23 bits per heavy atom. The van der Waals surface area contributed by atoms with Gasteiger partial charge in [-0.1, -0.05) is 7.60 Å². The summed E-state index contributed by atoms with van der Waals surface area (Å²) in [6.45, 7) is 12.3. The molecule has 3 aliphatic rings. The van der Waals surface area contributed by atoms with Crippen LogP contribution in [0.3, 0.4) is 0 Å². The summed E-state index contributed by atoms with van der Waals surface area (Å²) in [5.74, 6) is 0.693. The maximum atomic E-state index is 12.5. The van der Waals surface area contributed by atoms with Gasteiger partial charge in [-0.25, -0.2) is 13.1 Å². The van der Waals surface area contributed by atoms with E-state index in [2.05, 4.69) is 5.32 Å². The lowest BCUT2D eigenvalue weighted by Crippen LogP contribution is -2.75. The third-order valence-corrected chi connectivity index (χ3v) is 11.9. The van der Waals surface area contributed by atoms with E-state index in [9.17, 15) is 22.8 Å². The number of rotatable bonds is 13. The van der Waals surface area contributed by atoms with E-state index < -0.39 is 23.9 Å². The summed E-state index contributed by atoms with van der Waals surface area (Å²) < 4.78 is 46.9. The fourth-order valence-corrected chi connectivity index (χ4v) is 9.36. The van der Waals surface area contributed by atoms with Crippen LogP contribution >= 0.6 is 43.7 Å². The lowest BCUT2D eigenvalue weighted by molar-refractivity contribution is -1.08. The zero-order chi connectivity index (χ0) is 27.6. The Morgan fingerprint density at radius 2 is 1.68 bits per heavy atom. The first kappa shape index (κ1) is 35.0. The van der Waals surface area contributed by atoms with Crippen LogP contribution in [0.15, 0.2) is 22.4 Å². The monoisotopic (exact) mass is 660 g/mol. The second-order valence-corrected chi connectivity index (χ2v) is 15.0. The first-order valence-electron chi connectivity index (χ1n) is 12.8. The number of hydrogen-bond acceptors (Lipinski definition) is 8. The molecule has 0 saturated carbocycles. The Kier molecular flexibility index (Phi) is 12.1. The summed E-state index contributed by atoms with van der Waals surface area (Å²) in [5.41, 5.74) is 5.87. The van der Waals surface area contributed by atoms with Crippen LogP contribution in [0.25, 0.3) is 10.1 Å². The van der Waals surface area contributed by atoms with Gasteiger partial charge in [-0.2, -0.15) is 0 Å². The number of nitrogens with two attached hydrogens (primary N) is 1. The smallest absolute Gasteiger partial charge is 0.250 e. The minimum atomic E-state index is -5.00. The van der Waals surface area contributed by atoms with Gasteiger partial charge in [0.1, 0.15) is 49.2 Å². The summed E-state index contributed by atoms with van der Waals surface area (Å²) in [6, 6.07) is 5.42. The number of piperazine rings is 3. The Hall–Kier alpha value is -1.19. The van der Waals surface area contributed by atoms with Crippen LogP contribution in [0.4, 0.5) is 0 Å². The predicted octanol–water partition coefficient (Wildman–Crippen LogP) is 0.506. The van der Waals surface area contributed by atoms with Gasteiger partial charge < -0.3 is 39.1 Å². The maximum absolute atomic E-state index is 12.5. The van der Waals surface area contributed by atoms with E-state index in [0.717, 1.165) is 58.4 Å². The van der Waals surface area contributed by atoms with Gasteiger partial charge in [0.15, 0.2) is 5.96 Å². The predicted molar refractivity (Wildman–Crippen MR) is 158 cm³/mol. The van der Waals surface area contributed by atoms with Gasteiger partial charge in [-0.3, -0.25) is 5.41 Å². The quantitative estimate of drug-likeness (QED) is 0.0788. The number of hydrogen-bond donors (Lipinski definition) is 4. The number of ether oxygens (including phenoxy) is 1. The maximum Gasteiger partial charge on any atom is 0.250 e. The number of quaternary nitrogens is 2. The van der Waals surface area contributed by atoms with Crippen molar-refractivity contribution in [2.24, 2.45) is 5.73 Å². The van der Waals surface area contributed by atoms with Crippen LogP contribution in [0.1, 0.15) is 18.4 Å². The SMILES string of the molecule is Cc1c(S(=O)(=O)NCP(=O)([O-])[O-])sc2ccc(OCCC[N+]34CC[N+](CCCNC(=N)N)(CC3)CC4)cc12.Cl.Cl. The number of benzene rings is 1. The summed E-state index contributed by atoms with van der Waals surface area (Å²) in [5, 5.41) is 10.9. The largest absolute Gasteiger partial charge is 0.810 e. The molecule has 3 fully saturated rings. The molecular formula is C23H39Cl2N6O6PS2. The van der Waals surface area contributed by atoms with Crippen LogP contribution in [-0.4, -0.2) is 95.1 Å². The minimum Gasteiger partial charge on any atom is -0.810 e. The number of sulfonamides is 1. The summed E-state index contributed by atoms with van der Waals surface area (Å²) in [4.78, 5) is 21.8. The zero-order valence-electron chi connectivity index (χ0n) is 22.4. The number of halogens is 2. The lowest BCUT2D eigenvalue weighted by atomic mass is 10.1. The highest BCUT2D eigenvalue weighted by atomic mass is 35.5. The second-order valence-electron chi connectivity index (χ2n) is 10.5. The molecule has 5 N–H and O–H groups in total. The van der Waals surface area contributed by atoms with Crippen LogP contribution in [0, 0.1) is 12.3 Å². The van der Waals surface area contributed by atoms with Crippen LogP contribution in [-0.2, 0) is 14.6 Å². The van der Waals surface area contributed by atoms with Gasteiger partial charge in [-0.05, 0) is 30.7 Å². The van der Waals surface area contributed by atoms with Gasteiger partial charge in [0, 0.05) is 35.8 Å².